The van der Waals surface area contributed by atoms with Gasteiger partial charge in [-0.25, -0.2) is 0 Å². The van der Waals surface area contributed by atoms with Gasteiger partial charge >= 0.3 is 0 Å². The summed E-state index contributed by atoms with van der Waals surface area (Å²) in [6.45, 7) is 4.92. The smallest absolute Gasteiger partial charge is 0.236 e. The summed E-state index contributed by atoms with van der Waals surface area (Å²) >= 11 is 0. The summed E-state index contributed by atoms with van der Waals surface area (Å²) < 4.78 is 4.62. The van der Waals surface area contributed by atoms with Crippen molar-refractivity contribution in [2.24, 2.45) is 0 Å². The van der Waals surface area contributed by atoms with Crippen molar-refractivity contribution in [2.75, 3.05) is 6.61 Å². The SMILES string of the molecule is [CH2]C(O)OCC(CCC)[N+](=O)[O-]. The molecule has 0 aromatic rings. The number of ether oxygens (including phenoxy) is 1. The molecule has 1 radical (unpaired) electrons. The third-order valence-corrected chi connectivity index (χ3v) is 1.40. The third-order valence-electron chi connectivity index (χ3n) is 1.40. The van der Waals surface area contributed by atoms with E-state index in [0.717, 1.165) is 6.42 Å². The highest BCUT2D eigenvalue weighted by atomic mass is 16.6. The molecule has 0 heterocycles. The van der Waals surface area contributed by atoms with E-state index in [2.05, 4.69) is 11.7 Å². The van der Waals surface area contributed by atoms with Crippen LogP contribution in [0.4, 0.5) is 0 Å². The molecule has 0 bridgehead atoms. The third kappa shape index (κ3) is 5.03. The Bertz CT molecular complexity index is 137. The fraction of sp³-hybridized carbons (Fsp3) is 0.857. The molecular formula is C7H14NO4. The number of hydrogen-bond donors (Lipinski definition) is 1. The number of rotatable bonds is 6. The molecule has 0 aliphatic carbocycles. The summed E-state index contributed by atoms with van der Waals surface area (Å²) in [7, 11) is 0. The first kappa shape index (κ1) is 11.3. The molecule has 0 aromatic carbocycles. The number of aliphatic hydroxyl groups is 1. The monoisotopic (exact) mass is 176 g/mol. The first-order valence-electron chi connectivity index (χ1n) is 3.84. The van der Waals surface area contributed by atoms with Gasteiger partial charge in [0.1, 0.15) is 6.61 Å². The van der Waals surface area contributed by atoms with Gasteiger partial charge < -0.3 is 9.84 Å². The fourth-order valence-electron chi connectivity index (χ4n) is 0.805. The zero-order chi connectivity index (χ0) is 9.56. The molecular weight excluding hydrogens is 162 g/mol. The molecule has 2 atom stereocenters. The van der Waals surface area contributed by atoms with E-state index < -0.39 is 17.3 Å². The van der Waals surface area contributed by atoms with Gasteiger partial charge in [-0.1, -0.05) is 6.92 Å². The van der Waals surface area contributed by atoms with Gasteiger partial charge in [0.25, 0.3) is 0 Å². The largest absolute Gasteiger partial charge is 0.368 e. The van der Waals surface area contributed by atoms with E-state index in [9.17, 15) is 10.1 Å². The lowest BCUT2D eigenvalue weighted by atomic mass is 10.2. The van der Waals surface area contributed by atoms with Gasteiger partial charge in [-0.05, 0) is 6.42 Å². The minimum Gasteiger partial charge on any atom is -0.368 e. The Hall–Kier alpha value is -0.680. The van der Waals surface area contributed by atoms with Gasteiger partial charge in [0, 0.05) is 18.3 Å². The molecule has 12 heavy (non-hydrogen) atoms. The minimum absolute atomic E-state index is 0.0779. The quantitative estimate of drug-likeness (QED) is 0.365. The summed E-state index contributed by atoms with van der Waals surface area (Å²) in [5, 5.41) is 18.9. The van der Waals surface area contributed by atoms with Crippen molar-refractivity contribution in [1.82, 2.24) is 0 Å². The van der Waals surface area contributed by atoms with Gasteiger partial charge in [-0.2, -0.15) is 0 Å². The second-order valence-corrected chi connectivity index (χ2v) is 2.52. The zero-order valence-corrected chi connectivity index (χ0v) is 7.10. The molecule has 71 valence electrons. The van der Waals surface area contributed by atoms with Crippen LogP contribution in [0, 0.1) is 17.0 Å². The molecule has 0 spiro atoms. The normalized spacial score (nSPS) is 15.6. The molecule has 2 unspecified atom stereocenters. The van der Waals surface area contributed by atoms with E-state index in [-0.39, 0.29) is 6.61 Å². The molecule has 0 saturated heterocycles. The van der Waals surface area contributed by atoms with Crippen LogP contribution < -0.4 is 0 Å². The molecule has 0 aromatic heterocycles. The second-order valence-electron chi connectivity index (χ2n) is 2.52. The fourth-order valence-corrected chi connectivity index (χ4v) is 0.805. The lowest BCUT2D eigenvalue weighted by molar-refractivity contribution is -0.528. The number of nitro groups is 1. The number of hydrogen-bond acceptors (Lipinski definition) is 4. The minimum atomic E-state index is -1.18. The van der Waals surface area contributed by atoms with Gasteiger partial charge in [-0.15, -0.1) is 0 Å². The van der Waals surface area contributed by atoms with E-state index in [1.165, 1.54) is 0 Å². The van der Waals surface area contributed by atoms with Crippen LogP contribution >= 0.6 is 0 Å². The maximum absolute atomic E-state index is 10.3. The maximum Gasteiger partial charge on any atom is 0.236 e. The van der Waals surface area contributed by atoms with Crippen molar-refractivity contribution in [3.63, 3.8) is 0 Å². The van der Waals surface area contributed by atoms with Crippen molar-refractivity contribution in [1.29, 1.82) is 0 Å². The van der Waals surface area contributed by atoms with E-state index >= 15 is 0 Å². The van der Waals surface area contributed by atoms with E-state index in [4.69, 9.17) is 5.11 Å². The van der Waals surface area contributed by atoms with Crippen molar-refractivity contribution >= 4 is 0 Å². The lowest BCUT2D eigenvalue weighted by Crippen LogP contribution is -2.27. The summed E-state index contributed by atoms with van der Waals surface area (Å²) in [6, 6.07) is -0.730. The molecule has 0 rings (SSSR count). The first-order chi connectivity index (χ1) is 5.57. The molecule has 0 saturated carbocycles. The molecule has 0 aliphatic rings. The standard InChI is InChI=1S/C7H14NO4/c1-3-4-7(8(10)11)5-12-6(2)9/h6-7,9H,2-5H2,1H3. The highest BCUT2D eigenvalue weighted by molar-refractivity contribution is 4.55. The average molecular weight is 176 g/mol. The molecule has 0 aliphatic heterocycles. The summed E-state index contributed by atoms with van der Waals surface area (Å²) in [4.78, 5) is 9.93. The van der Waals surface area contributed by atoms with Crippen LogP contribution in [0.3, 0.4) is 0 Å². The second kappa shape index (κ2) is 5.91. The molecule has 5 nitrogen and oxygen atoms in total. The summed E-state index contributed by atoms with van der Waals surface area (Å²) in [5.41, 5.74) is 0. The lowest BCUT2D eigenvalue weighted by Gasteiger charge is -2.10. The zero-order valence-electron chi connectivity index (χ0n) is 7.10. The van der Waals surface area contributed by atoms with Crippen molar-refractivity contribution in [3.8, 4) is 0 Å². The van der Waals surface area contributed by atoms with Crippen LogP contribution in [0.2, 0.25) is 0 Å². The Morgan fingerprint density at radius 1 is 1.75 bits per heavy atom. The Balaban J connectivity index is 3.71. The molecule has 5 heteroatoms. The van der Waals surface area contributed by atoms with Crippen molar-refractivity contribution in [3.05, 3.63) is 17.0 Å². The predicted octanol–water partition coefficient (Wildman–Crippen LogP) is 0.601. The number of nitrogens with zero attached hydrogens (tertiary/aromatic N) is 1. The Labute approximate surface area is 71.5 Å². The van der Waals surface area contributed by atoms with Crippen LogP contribution in [0.25, 0.3) is 0 Å². The van der Waals surface area contributed by atoms with Gasteiger partial charge in [-0.3, -0.25) is 10.1 Å². The first-order valence-corrected chi connectivity index (χ1v) is 3.84. The van der Waals surface area contributed by atoms with Gasteiger partial charge in [0.2, 0.25) is 6.04 Å². The molecule has 1 N–H and O–H groups in total. The van der Waals surface area contributed by atoms with Crippen LogP contribution in [-0.2, 0) is 4.74 Å². The van der Waals surface area contributed by atoms with Crippen molar-refractivity contribution in [2.45, 2.75) is 32.1 Å². The topological polar surface area (TPSA) is 72.6 Å². The van der Waals surface area contributed by atoms with Crippen LogP contribution in [0.1, 0.15) is 19.8 Å². The predicted molar refractivity (Wildman–Crippen MR) is 43.0 cm³/mol. The van der Waals surface area contributed by atoms with Gasteiger partial charge in [0.15, 0.2) is 6.29 Å². The highest BCUT2D eigenvalue weighted by Gasteiger charge is 2.19. The summed E-state index contributed by atoms with van der Waals surface area (Å²) in [6.07, 6.45) is 0.00594. The Morgan fingerprint density at radius 2 is 2.33 bits per heavy atom. The average Bonchev–Trinajstić information content (AvgIpc) is 1.96. The summed E-state index contributed by atoms with van der Waals surface area (Å²) in [5.74, 6) is 0. The molecule has 0 amide bonds. The van der Waals surface area contributed by atoms with Crippen LogP contribution in [0.5, 0.6) is 0 Å². The highest BCUT2D eigenvalue weighted by Crippen LogP contribution is 2.02. The van der Waals surface area contributed by atoms with E-state index in [1.807, 2.05) is 6.92 Å². The molecule has 0 fully saturated rings. The van der Waals surface area contributed by atoms with Crippen LogP contribution in [0.15, 0.2) is 0 Å². The number of aliphatic hydroxyl groups excluding tert-OH is 1. The maximum atomic E-state index is 10.3. The van der Waals surface area contributed by atoms with E-state index in [1.54, 1.807) is 0 Å². The van der Waals surface area contributed by atoms with Crippen molar-refractivity contribution < 1.29 is 14.8 Å². The van der Waals surface area contributed by atoms with Crippen LogP contribution in [-0.4, -0.2) is 29.0 Å². The van der Waals surface area contributed by atoms with E-state index in [0.29, 0.717) is 6.42 Å². The Kier molecular flexibility index (Phi) is 5.57. The van der Waals surface area contributed by atoms with Gasteiger partial charge in [0.05, 0.1) is 0 Å². The Morgan fingerprint density at radius 3 is 2.67 bits per heavy atom.